The first-order chi connectivity index (χ1) is 13.4. The Balaban J connectivity index is 1.92. The summed E-state index contributed by atoms with van der Waals surface area (Å²) in [5.74, 6) is -0.998. The van der Waals surface area contributed by atoms with Gasteiger partial charge in [-0.25, -0.2) is 9.79 Å². The van der Waals surface area contributed by atoms with E-state index >= 15 is 0 Å². The van der Waals surface area contributed by atoms with E-state index in [4.69, 9.17) is 9.84 Å². The van der Waals surface area contributed by atoms with Crippen LogP contribution in [0, 0.1) is 0 Å². The van der Waals surface area contributed by atoms with Gasteiger partial charge in [0.15, 0.2) is 16.7 Å². The van der Waals surface area contributed by atoms with E-state index in [1.54, 1.807) is 43.5 Å². The minimum absolute atomic E-state index is 0.0348. The van der Waals surface area contributed by atoms with Crippen LogP contribution in [0.3, 0.4) is 0 Å². The SMILES string of the molecule is CCOc1cccc(C=C2SC(=Nc3cccc(C(=O)O)c3)N(C)C2=O)c1O. The summed E-state index contributed by atoms with van der Waals surface area (Å²) in [7, 11) is 1.59. The number of nitrogens with zero attached hydrogens (tertiary/aromatic N) is 2. The number of thioether (sulfide) groups is 1. The number of phenolic OH excluding ortho intramolecular Hbond substituents is 1. The molecule has 0 saturated carbocycles. The molecule has 1 amide bonds. The highest BCUT2D eigenvalue weighted by Gasteiger charge is 2.30. The second kappa shape index (κ2) is 8.18. The molecule has 144 valence electrons. The Labute approximate surface area is 166 Å². The highest BCUT2D eigenvalue weighted by Crippen LogP contribution is 2.37. The van der Waals surface area contributed by atoms with Crippen LogP contribution in [0.2, 0.25) is 0 Å². The molecule has 0 aliphatic carbocycles. The number of para-hydroxylation sites is 1. The molecule has 2 aromatic rings. The fourth-order valence-corrected chi connectivity index (χ4v) is 3.52. The zero-order chi connectivity index (χ0) is 20.3. The van der Waals surface area contributed by atoms with Crippen molar-refractivity contribution in [2.45, 2.75) is 6.92 Å². The number of carboxylic acids is 1. The Hall–Kier alpha value is -3.26. The van der Waals surface area contributed by atoms with Crippen molar-refractivity contribution in [1.82, 2.24) is 4.90 Å². The zero-order valence-electron chi connectivity index (χ0n) is 15.2. The molecule has 0 radical (unpaired) electrons. The fraction of sp³-hybridized carbons (Fsp3) is 0.150. The lowest BCUT2D eigenvalue weighted by Crippen LogP contribution is -2.23. The van der Waals surface area contributed by atoms with Crippen LogP contribution in [0.25, 0.3) is 6.08 Å². The Bertz CT molecular complexity index is 1000. The topological polar surface area (TPSA) is 99.4 Å². The number of carbonyl (C=O) groups excluding carboxylic acids is 1. The number of aliphatic imine (C=N–C) groups is 1. The number of rotatable bonds is 5. The number of carbonyl (C=O) groups is 2. The molecule has 1 aliphatic heterocycles. The molecule has 2 aromatic carbocycles. The van der Waals surface area contributed by atoms with Crippen LogP contribution in [0.4, 0.5) is 5.69 Å². The van der Waals surface area contributed by atoms with E-state index in [9.17, 15) is 14.7 Å². The van der Waals surface area contributed by atoms with Gasteiger partial charge in [0.05, 0.1) is 22.8 Å². The molecular weight excluding hydrogens is 380 g/mol. The molecule has 0 unspecified atom stereocenters. The third kappa shape index (κ3) is 4.01. The van der Waals surface area contributed by atoms with Crippen LogP contribution in [0.15, 0.2) is 52.4 Å². The largest absolute Gasteiger partial charge is 0.504 e. The van der Waals surface area contributed by atoms with E-state index < -0.39 is 5.97 Å². The van der Waals surface area contributed by atoms with Crippen molar-refractivity contribution in [2.75, 3.05) is 13.7 Å². The van der Waals surface area contributed by atoms with Crippen molar-refractivity contribution < 1.29 is 24.5 Å². The average molecular weight is 398 g/mol. The monoisotopic (exact) mass is 398 g/mol. The van der Waals surface area contributed by atoms with Crippen molar-refractivity contribution in [2.24, 2.45) is 4.99 Å². The van der Waals surface area contributed by atoms with Gasteiger partial charge in [-0.15, -0.1) is 0 Å². The third-order valence-corrected chi connectivity index (χ3v) is 5.00. The summed E-state index contributed by atoms with van der Waals surface area (Å²) in [4.78, 5) is 29.8. The molecule has 8 heteroatoms. The zero-order valence-corrected chi connectivity index (χ0v) is 16.1. The van der Waals surface area contributed by atoms with E-state index in [0.29, 0.717) is 33.7 Å². The van der Waals surface area contributed by atoms with Gasteiger partial charge in [-0.05, 0) is 49.0 Å². The first-order valence-corrected chi connectivity index (χ1v) is 9.26. The van der Waals surface area contributed by atoms with Crippen LogP contribution in [0.1, 0.15) is 22.8 Å². The Morgan fingerprint density at radius 1 is 1.29 bits per heavy atom. The number of phenols is 1. The summed E-state index contributed by atoms with van der Waals surface area (Å²) in [5.41, 5.74) is 1.01. The molecule has 2 N–H and O–H groups in total. The summed E-state index contributed by atoms with van der Waals surface area (Å²) in [6.45, 7) is 2.23. The second-order valence-electron chi connectivity index (χ2n) is 5.85. The molecule has 1 heterocycles. The molecule has 28 heavy (non-hydrogen) atoms. The van der Waals surface area contributed by atoms with E-state index in [1.165, 1.54) is 17.0 Å². The standard InChI is InChI=1S/C20H18N2O5S/c1-3-27-15-9-5-6-12(17(15)23)11-16-18(24)22(2)20(28-16)21-14-8-4-7-13(10-14)19(25)26/h4-11,23H,3H2,1-2H3,(H,25,26). The normalized spacial score (nSPS) is 16.8. The number of aromatic carboxylic acids is 1. The van der Waals surface area contributed by atoms with Crippen molar-refractivity contribution in [1.29, 1.82) is 0 Å². The number of hydrogen-bond donors (Lipinski definition) is 2. The number of aromatic hydroxyl groups is 1. The highest BCUT2D eigenvalue weighted by molar-refractivity contribution is 8.18. The summed E-state index contributed by atoms with van der Waals surface area (Å²) < 4.78 is 5.37. The van der Waals surface area contributed by atoms with Gasteiger partial charge in [0.1, 0.15) is 0 Å². The van der Waals surface area contributed by atoms with Gasteiger partial charge in [-0.3, -0.25) is 9.69 Å². The molecule has 1 aliphatic rings. The molecular formula is C20H18N2O5S. The highest BCUT2D eigenvalue weighted by atomic mass is 32.2. The maximum absolute atomic E-state index is 12.6. The molecule has 0 spiro atoms. The van der Waals surface area contributed by atoms with E-state index in [1.807, 2.05) is 6.92 Å². The molecule has 1 saturated heterocycles. The number of amides is 1. The maximum atomic E-state index is 12.6. The molecule has 0 atom stereocenters. The number of likely N-dealkylation sites (N-methyl/N-ethyl adjacent to an activating group) is 1. The van der Waals surface area contributed by atoms with E-state index in [0.717, 1.165) is 11.8 Å². The number of ether oxygens (including phenoxy) is 1. The molecule has 3 rings (SSSR count). The predicted octanol–water partition coefficient (Wildman–Crippen LogP) is 3.72. The lowest BCUT2D eigenvalue weighted by atomic mass is 10.1. The minimum Gasteiger partial charge on any atom is -0.504 e. The molecule has 1 fully saturated rings. The van der Waals surface area contributed by atoms with Gasteiger partial charge in [0, 0.05) is 12.6 Å². The lowest BCUT2D eigenvalue weighted by Gasteiger charge is -2.08. The molecule has 0 bridgehead atoms. The number of amidine groups is 1. The van der Waals surface area contributed by atoms with Crippen LogP contribution in [-0.4, -0.2) is 45.8 Å². The quantitative estimate of drug-likeness (QED) is 0.745. The van der Waals surface area contributed by atoms with Gasteiger partial charge in [-0.1, -0.05) is 18.2 Å². The second-order valence-corrected chi connectivity index (χ2v) is 6.86. The lowest BCUT2D eigenvalue weighted by molar-refractivity contribution is -0.121. The molecule has 7 nitrogen and oxygen atoms in total. The third-order valence-electron chi connectivity index (χ3n) is 3.94. The Morgan fingerprint density at radius 2 is 2.04 bits per heavy atom. The van der Waals surface area contributed by atoms with Gasteiger partial charge in [0.2, 0.25) is 0 Å². The van der Waals surface area contributed by atoms with Crippen LogP contribution in [-0.2, 0) is 4.79 Å². The smallest absolute Gasteiger partial charge is 0.335 e. The van der Waals surface area contributed by atoms with Crippen molar-refractivity contribution >= 4 is 40.6 Å². The molecule has 0 aromatic heterocycles. The summed E-state index contributed by atoms with van der Waals surface area (Å²) in [5, 5.41) is 19.8. The van der Waals surface area contributed by atoms with Gasteiger partial charge >= 0.3 is 5.97 Å². The number of carboxylic acid groups (broad SMARTS) is 1. The van der Waals surface area contributed by atoms with Crippen molar-refractivity contribution in [3.63, 3.8) is 0 Å². The maximum Gasteiger partial charge on any atom is 0.335 e. The number of benzene rings is 2. The average Bonchev–Trinajstić information content (AvgIpc) is 2.93. The first-order valence-electron chi connectivity index (χ1n) is 8.45. The predicted molar refractivity (Wildman–Crippen MR) is 108 cm³/mol. The number of hydrogen-bond acceptors (Lipinski definition) is 6. The Morgan fingerprint density at radius 3 is 2.75 bits per heavy atom. The Kier molecular flexibility index (Phi) is 5.70. The minimum atomic E-state index is -1.05. The summed E-state index contributed by atoms with van der Waals surface area (Å²) in [6, 6.07) is 11.2. The van der Waals surface area contributed by atoms with Crippen LogP contribution < -0.4 is 4.74 Å². The summed E-state index contributed by atoms with van der Waals surface area (Å²) in [6.07, 6.45) is 1.58. The van der Waals surface area contributed by atoms with E-state index in [2.05, 4.69) is 4.99 Å². The van der Waals surface area contributed by atoms with Crippen molar-refractivity contribution in [3.05, 3.63) is 58.5 Å². The van der Waals surface area contributed by atoms with Gasteiger partial charge < -0.3 is 14.9 Å². The van der Waals surface area contributed by atoms with Crippen LogP contribution >= 0.6 is 11.8 Å². The van der Waals surface area contributed by atoms with Crippen molar-refractivity contribution in [3.8, 4) is 11.5 Å². The van der Waals surface area contributed by atoms with Crippen LogP contribution in [0.5, 0.6) is 11.5 Å². The fourth-order valence-electron chi connectivity index (χ4n) is 2.54. The van der Waals surface area contributed by atoms with Gasteiger partial charge in [-0.2, -0.15) is 0 Å². The van der Waals surface area contributed by atoms with E-state index in [-0.39, 0.29) is 17.2 Å². The summed E-state index contributed by atoms with van der Waals surface area (Å²) >= 11 is 1.15. The van der Waals surface area contributed by atoms with Gasteiger partial charge in [0.25, 0.3) is 5.91 Å². The first kappa shape index (κ1) is 19.5.